The smallest absolute Gasteiger partial charge is 0.251 e. The maximum Gasteiger partial charge on any atom is 0.251 e. The molecule has 0 spiro atoms. The lowest BCUT2D eigenvalue weighted by Gasteiger charge is -2.31. The molecule has 3 aromatic rings. The molecule has 1 atom stereocenters. The Morgan fingerprint density at radius 2 is 1.83 bits per heavy atom. The van der Waals surface area contributed by atoms with Crippen LogP contribution < -0.4 is 10.1 Å². The van der Waals surface area contributed by atoms with Gasteiger partial charge >= 0.3 is 0 Å². The summed E-state index contributed by atoms with van der Waals surface area (Å²) in [6, 6.07) is 17.5. The fourth-order valence-electron chi connectivity index (χ4n) is 4.08. The van der Waals surface area contributed by atoms with Crippen LogP contribution in [0, 0.1) is 12.8 Å². The number of carbonyl (C=O) groups is 1. The van der Waals surface area contributed by atoms with Gasteiger partial charge in [0, 0.05) is 12.5 Å². The molecule has 0 aliphatic heterocycles. The topological polar surface area (TPSA) is 77.2 Å². The third-order valence-corrected chi connectivity index (χ3v) is 5.62. The van der Waals surface area contributed by atoms with E-state index in [0.29, 0.717) is 28.9 Å². The number of hydrogen-bond acceptors (Lipinski definition) is 5. The van der Waals surface area contributed by atoms with Gasteiger partial charge in [-0.25, -0.2) is 0 Å². The zero-order valence-electron chi connectivity index (χ0n) is 17.2. The second-order valence-electron chi connectivity index (χ2n) is 7.80. The molecule has 1 fully saturated rings. The van der Waals surface area contributed by atoms with Gasteiger partial charge in [-0.2, -0.15) is 4.98 Å². The molecule has 1 aliphatic carbocycles. The Morgan fingerprint density at radius 1 is 1.10 bits per heavy atom. The number of ether oxygens (including phenoxy) is 1. The summed E-state index contributed by atoms with van der Waals surface area (Å²) in [5.41, 5.74) is 1.79. The summed E-state index contributed by atoms with van der Waals surface area (Å²) < 4.78 is 10.6. The van der Waals surface area contributed by atoms with E-state index < -0.39 is 0 Å². The highest BCUT2D eigenvalue weighted by atomic mass is 16.5. The van der Waals surface area contributed by atoms with Crippen LogP contribution in [0.15, 0.2) is 59.1 Å². The summed E-state index contributed by atoms with van der Waals surface area (Å²) in [6.45, 7) is 1.96. The van der Waals surface area contributed by atoms with Crippen molar-refractivity contribution in [2.45, 2.75) is 51.7 Å². The summed E-state index contributed by atoms with van der Waals surface area (Å²) in [4.78, 5) is 17.1. The van der Waals surface area contributed by atoms with Crippen LogP contribution in [0.5, 0.6) is 5.75 Å². The van der Waals surface area contributed by atoms with Gasteiger partial charge in [0.2, 0.25) is 11.7 Å². The van der Waals surface area contributed by atoms with Crippen LogP contribution >= 0.6 is 0 Å². The quantitative estimate of drug-likeness (QED) is 0.598. The molecule has 0 bridgehead atoms. The minimum absolute atomic E-state index is 0.0383. The number of nitrogens with zero attached hydrogens (tertiary/aromatic N) is 2. The summed E-state index contributed by atoms with van der Waals surface area (Å²) in [5, 5.41) is 7.09. The lowest BCUT2D eigenvalue weighted by Crippen LogP contribution is -2.34. The number of amides is 1. The minimum atomic E-state index is -0.0604. The number of carbonyl (C=O) groups excluding carboxylic acids is 1. The lowest BCUT2D eigenvalue weighted by molar-refractivity contribution is 0.0912. The van der Waals surface area contributed by atoms with Crippen LogP contribution in [0.4, 0.5) is 0 Å². The number of hydrogen-bond donors (Lipinski definition) is 1. The zero-order chi connectivity index (χ0) is 20.8. The van der Waals surface area contributed by atoms with Crippen molar-refractivity contribution in [3.05, 3.63) is 77.4 Å². The molecule has 4 rings (SSSR count). The summed E-state index contributed by atoms with van der Waals surface area (Å²) in [6.07, 6.45) is 6.06. The molecule has 1 heterocycles. The second-order valence-corrected chi connectivity index (χ2v) is 7.80. The third kappa shape index (κ3) is 5.06. The molecule has 0 radical (unpaired) electrons. The Kier molecular flexibility index (Phi) is 6.42. The van der Waals surface area contributed by atoms with Crippen molar-refractivity contribution in [1.82, 2.24) is 15.5 Å². The van der Waals surface area contributed by atoms with Crippen molar-refractivity contribution >= 4 is 5.91 Å². The Balaban J connectivity index is 1.41. The number of aromatic nitrogens is 2. The molecular weight excluding hydrogens is 378 g/mol. The van der Waals surface area contributed by atoms with Crippen LogP contribution in [0.2, 0.25) is 0 Å². The van der Waals surface area contributed by atoms with E-state index in [2.05, 4.69) is 27.6 Å². The first-order valence-electron chi connectivity index (χ1n) is 10.6. The van der Waals surface area contributed by atoms with Crippen molar-refractivity contribution in [1.29, 1.82) is 0 Å². The van der Waals surface area contributed by atoms with Gasteiger partial charge in [0.15, 0.2) is 6.61 Å². The normalized spacial score (nSPS) is 15.5. The van der Waals surface area contributed by atoms with Gasteiger partial charge < -0.3 is 14.6 Å². The molecule has 30 heavy (non-hydrogen) atoms. The van der Waals surface area contributed by atoms with Crippen LogP contribution in [0.1, 0.15) is 65.8 Å². The van der Waals surface area contributed by atoms with E-state index in [-0.39, 0.29) is 18.6 Å². The van der Waals surface area contributed by atoms with Gasteiger partial charge in [0.05, 0.1) is 6.04 Å². The zero-order valence-corrected chi connectivity index (χ0v) is 17.2. The molecule has 1 aromatic heterocycles. The predicted molar refractivity (Wildman–Crippen MR) is 113 cm³/mol. The number of nitrogens with one attached hydrogen (secondary N) is 1. The van der Waals surface area contributed by atoms with Crippen molar-refractivity contribution < 1.29 is 14.1 Å². The standard InChI is InChI=1S/C24H27N3O3/c1-17-25-22(27-30-17)16-29-21-14-12-20(13-15-21)24(28)26-23(18-8-4-2-5-9-18)19-10-6-3-7-11-19/h2,4-5,8-9,12-15,19,23H,3,6-7,10-11,16H2,1H3,(H,26,28). The lowest BCUT2D eigenvalue weighted by atomic mass is 9.81. The average Bonchev–Trinajstić information content (AvgIpc) is 3.22. The fourth-order valence-corrected chi connectivity index (χ4v) is 4.08. The highest BCUT2D eigenvalue weighted by Gasteiger charge is 2.26. The van der Waals surface area contributed by atoms with Crippen LogP contribution in [-0.2, 0) is 6.61 Å². The van der Waals surface area contributed by atoms with Gasteiger partial charge in [-0.15, -0.1) is 0 Å². The second kappa shape index (κ2) is 9.57. The van der Waals surface area contributed by atoms with E-state index in [4.69, 9.17) is 9.26 Å². The molecule has 1 unspecified atom stereocenters. The molecule has 0 saturated heterocycles. The van der Waals surface area contributed by atoms with Gasteiger partial charge in [-0.3, -0.25) is 4.79 Å². The van der Waals surface area contributed by atoms with Crippen molar-refractivity contribution in [3.63, 3.8) is 0 Å². The van der Waals surface area contributed by atoms with Gasteiger partial charge in [-0.05, 0) is 48.6 Å². The summed E-state index contributed by atoms with van der Waals surface area (Å²) >= 11 is 0. The van der Waals surface area contributed by atoms with E-state index in [0.717, 1.165) is 12.8 Å². The molecule has 1 N–H and O–H groups in total. The Hall–Kier alpha value is -3.15. The maximum absolute atomic E-state index is 13.0. The first-order valence-corrected chi connectivity index (χ1v) is 10.6. The molecule has 156 valence electrons. The van der Waals surface area contributed by atoms with E-state index in [1.54, 1.807) is 31.2 Å². The largest absolute Gasteiger partial charge is 0.485 e. The average molecular weight is 405 g/mol. The first kappa shape index (κ1) is 20.1. The van der Waals surface area contributed by atoms with Gasteiger partial charge in [-0.1, -0.05) is 54.8 Å². The van der Waals surface area contributed by atoms with E-state index in [1.807, 2.05) is 18.2 Å². The molecule has 2 aromatic carbocycles. The molecular formula is C24H27N3O3. The third-order valence-electron chi connectivity index (χ3n) is 5.62. The van der Waals surface area contributed by atoms with E-state index in [9.17, 15) is 4.79 Å². The SMILES string of the molecule is Cc1nc(COc2ccc(C(=O)NC(c3ccccc3)C3CCCCC3)cc2)no1. The maximum atomic E-state index is 13.0. The molecule has 1 aliphatic rings. The van der Waals surface area contributed by atoms with Crippen molar-refractivity contribution in [3.8, 4) is 5.75 Å². The molecule has 6 heteroatoms. The highest BCUT2D eigenvalue weighted by Crippen LogP contribution is 2.34. The predicted octanol–water partition coefficient (Wildman–Crippen LogP) is 5.01. The number of aryl methyl sites for hydroxylation is 1. The number of rotatable bonds is 7. The van der Waals surface area contributed by atoms with Crippen LogP contribution in [0.25, 0.3) is 0 Å². The monoisotopic (exact) mass is 405 g/mol. The van der Waals surface area contributed by atoms with Gasteiger partial charge in [0.25, 0.3) is 5.91 Å². The van der Waals surface area contributed by atoms with Gasteiger partial charge in [0.1, 0.15) is 5.75 Å². The summed E-state index contributed by atoms with van der Waals surface area (Å²) in [5.74, 6) is 2.07. The Bertz CT molecular complexity index is 947. The highest BCUT2D eigenvalue weighted by molar-refractivity contribution is 5.94. The van der Waals surface area contributed by atoms with Crippen LogP contribution in [0.3, 0.4) is 0 Å². The first-order chi connectivity index (χ1) is 14.7. The number of benzene rings is 2. The summed E-state index contributed by atoms with van der Waals surface area (Å²) in [7, 11) is 0. The van der Waals surface area contributed by atoms with E-state index in [1.165, 1.54) is 24.8 Å². The Labute approximate surface area is 176 Å². The van der Waals surface area contributed by atoms with Crippen molar-refractivity contribution in [2.75, 3.05) is 0 Å². The Morgan fingerprint density at radius 3 is 2.50 bits per heavy atom. The minimum Gasteiger partial charge on any atom is -0.485 e. The fraction of sp³-hybridized carbons (Fsp3) is 0.375. The van der Waals surface area contributed by atoms with Crippen molar-refractivity contribution in [2.24, 2.45) is 5.92 Å². The van der Waals surface area contributed by atoms with Crippen LogP contribution in [-0.4, -0.2) is 16.0 Å². The van der Waals surface area contributed by atoms with E-state index >= 15 is 0 Å². The molecule has 6 nitrogen and oxygen atoms in total. The molecule has 1 amide bonds. The molecule has 1 saturated carbocycles.